The Morgan fingerprint density at radius 1 is 1.24 bits per heavy atom. The van der Waals surface area contributed by atoms with E-state index in [2.05, 4.69) is 10.6 Å². The Balaban J connectivity index is 1.85. The third-order valence-electron chi connectivity index (χ3n) is 3.15. The van der Waals surface area contributed by atoms with Gasteiger partial charge in [-0.05, 0) is 42.7 Å². The first-order chi connectivity index (χ1) is 10.1. The molecule has 0 bridgehead atoms. The summed E-state index contributed by atoms with van der Waals surface area (Å²) < 4.78 is 0. The number of hydrogen-bond acceptors (Lipinski definition) is 2. The van der Waals surface area contributed by atoms with Crippen molar-refractivity contribution in [1.29, 1.82) is 0 Å². The number of amides is 2. The number of halogens is 1. The summed E-state index contributed by atoms with van der Waals surface area (Å²) in [5.74, 6) is -0.0200. The van der Waals surface area contributed by atoms with E-state index < -0.39 is 0 Å². The quantitative estimate of drug-likeness (QED) is 0.754. The zero-order valence-electron chi connectivity index (χ0n) is 11.7. The summed E-state index contributed by atoms with van der Waals surface area (Å²) in [5.41, 5.74) is 2.69. The molecule has 4 nitrogen and oxygen atoms in total. The maximum Gasteiger partial charge on any atom is 0.319 e. The van der Waals surface area contributed by atoms with Crippen molar-refractivity contribution >= 4 is 23.3 Å². The average molecular weight is 305 g/mol. The minimum atomic E-state index is -0.374. The van der Waals surface area contributed by atoms with Gasteiger partial charge in [-0.15, -0.1) is 0 Å². The molecule has 0 atom stereocenters. The fraction of sp³-hybridized carbons (Fsp3) is 0.188. The molecule has 0 radical (unpaired) electrons. The number of carbonyl (C=O) groups is 1. The normalized spacial score (nSPS) is 10.2. The predicted molar refractivity (Wildman–Crippen MR) is 85.0 cm³/mol. The van der Waals surface area contributed by atoms with E-state index >= 15 is 0 Å². The van der Waals surface area contributed by atoms with E-state index in [9.17, 15) is 9.90 Å². The SMILES string of the molecule is Cc1ccccc1CCNC(=O)Nc1cc(Cl)ccc1O. The molecule has 3 N–H and O–H groups in total. The van der Waals surface area contributed by atoms with Gasteiger partial charge in [-0.3, -0.25) is 0 Å². The van der Waals surface area contributed by atoms with E-state index in [-0.39, 0.29) is 17.5 Å². The number of carbonyl (C=O) groups excluding carboxylic acids is 1. The van der Waals surface area contributed by atoms with Crippen molar-refractivity contribution in [3.63, 3.8) is 0 Å². The Bertz CT molecular complexity index is 644. The molecule has 0 fully saturated rings. The molecular formula is C16H17ClN2O2. The Morgan fingerprint density at radius 3 is 2.76 bits per heavy atom. The second-order valence-corrected chi connectivity index (χ2v) is 5.16. The number of aryl methyl sites for hydroxylation is 1. The van der Waals surface area contributed by atoms with Crippen LogP contribution in [0, 0.1) is 6.92 Å². The molecule has 0 saturated heterocycles. The van der Waals surface area contributed by atoms with Crippen LogP contribution in [0.2, 0.25) is 5.02 Å². The predicted octanol–water partition coefficient (Wildman–Crippen LogP) is 3.72. The number of phenols is 1. The van der Waals surface area contributed by atoms with Crippen molar-refractivity contribution in [3.05, 3.63) is 58.6 Å². The van der Waals surface area contributed by atoms with Crippen LogP contribution >= 0.6 is 11.6 Å². The molecule has 0 heterocycles. The first kappa shape index (κ1) is 15.2. The van der Waals surface area contributed by atoms with Crippen LogP contribution < -0.4 is 10.6 Å². The molecule has 0 saturated carbocycles. The summed E-state index contributed by atoms with van der Waals surface area (Å²) in [6, 6.07) is 12.2. The summed E-state index contributed by atoms with van der Waals surface area (Å²) in [7, 11) is 0. The van der Waals surface area contributed by atoms with E-state index in [4.69, 9.17) is 11.6 Å². The second-order valence-electron chi connectivity index (χ2n) is 4.72. The number of phenolic OH excluding ortho intramolecular Hbond substituents is 1. The first-order valence-corrected chi connectivity index (χ1v) is 7.02. The van der Waals surface area contributed by atoms with Crippen LogP contribution in [0.4, 0.5) is 10.5 Å². The number of benzene rings is 2. The maximum absolute atomic E-state index is 11.8. The molecule has 0 unspecified atom stereocenters. The van der Waals surface area contributed by atoms with Gasteiger partial charge in [0.05, 0.1) is 5.69 Å². The van der Waals surface area contributed by atoms with Crippen LogP contribution in [0.25, 0.3) is 0 Å². The highest BCUT2D eigenvalue weighted by Crippen LogP contribution is 2.26. The van der Waals surface area contributed by atoms with E-state index in [1.807, 2.05) is 31.2 Å². The van der Waals surface area contributed by atoms with Gasteiger partial charge in [-0.25, -0.2) is 4.79 Å². The number of nitrogens with one attached hydrogen (secondary N) is 2. The fourth-order valence-corrected chi connectivity index (χ4v) is 2.15. The standard InChI is InChI=1S/C16H17ClN2O2/c1-11-4-2-3-5-12(11)8-9-18-16(21)19-14-10-13(17)6-7-15(14)20/h2-7,10,20H,8-9H2,1H3,(H2,18,19,21). The van der Waals surface area contributed by atoms with Crippen molar-refractivity contribution in [1.82, 2.24) is 5.32 Å². The number of urea groups is 1. The van der Waals surface area contributed by atoms with Crippen molar-refractivity contribution < 1.29 is 9.90 Å². The third kappa shape index (κ3) is 4.39. The molecule has 21 heavy (non-hydrogen) atoms. The smallest absolute Gasteiger partial charge is 0.319 e. The highest BCUT2D eigenvalue weighted by atomic mass is 35.5. The third-order valence-corrected chi connectivity index (χ3v) is 3.38. The van der Waals surface area contributed by atoms with Gasteiger partial charge in [-0.1, -0.05) is 35.9 Å². The van der Waals surface area contributed by atoms with Crippen LogP contribution in [0.1, 0.15) is 11.1 Å². The van der Waals surface area contributed by atoms with Gasteiger partial charge in [0, 0.05) is 11.6 Å². The lowest BCUT2D eigenvalue weighted by molar-refractivity contribution is 0.252. The Labute approximate surface area is 128 Å². The maximum atomic E-state index is 11.8. The lowest BCUT2D eigenvalue weighted by Crippen LogP contribution is -2.30. The number of hydrogen-bond donors (Lipinski definition) is 3. The van der Waals surface area contributed by atoms with Crippen LogP contribution in [-0.4, -0.2) is 17.7 Å². The molecule has 2 aromatic carbocycles. The molecule has 0 spiro atoms. The van der Waals surface area contributed by atoms with Crippen LogP contribution in [-0.2, 0) is 6.42 Å². The lowest BCUT2D eigenvalue weighted by Gasteiger charge is -2.10. The van der Waals surface area contributed by atoms with Crippen LogP contribution in [0.15, 0.2) is 42.5 Å². The molecule has 5 heteroatoms. The zero-order valence-corrected chi connectivity index (χ0v) is 12.4. The van der Waals surface area contributed by atoms with Gasteiger partial charge >= 0.3 is 6.03 Å². The van der Waals surface area contributed by atoms with Crippen LogP contribution in [0.5, 0.6) is 5.75 Å². The topological polar surface area (TPSA) is 61.4 Å². The lowest BCUT2D eigenvalue weighted by atomic mass is 10.1. The minimum absolute atomic E-state index is 0.0200. The van der Waals surface area contributed by atoms with E-state index in [0.29, 0.717) is 11.6 Å². The highest BCUT2D eigenvalue weighted by molar-refractivity contribution is 6.31. The summed E-state index contributed by atoms with van der Waals surface area (Å²) in [5, 5.41) is 15.4. The summed E-state index contributed by atoms with van der Waals surface area (Å²) in [4.78, 5) is 11.8. The monoisotopic (exact) mass is 304 g/mol. The summed E-state index contributed by atoms with van der Waals surface area (Å²) >= 11 is 5.82. The Morgan fingerprint density at radius 2 is 2.00 bits per heavy atom. The van der Waals surface area contributed by atoms with Crippen molar-refractivity contribution in [2.75, 3.05) is 11.9 Å². The molecule has 0 aliphatic heterocycles. The Hall–Kier alpha value is -2.20. The molecule has 2 amide bonds. The molecule has 0 aromatic heterocycles. The van der Waals surface area contributed by atoms with Gasteiger partial charge in [0.1, 0.15) is 5.75 Å². The molecule has 110 valence electrons. The number of aromatic hydroxyl groups is 1. The van der Waals surface area contributed by atoms with Crippen molar-refractivity contribution in [3.8, 4) is 5.75 Å². The molecule has 0 aliphatic rings. The Kier molecular flexibility index (Phi) is 5.06. The van der Waals surface area contributed by atoms with E-state index in [0.717, 1.165) is 6.42 Å². The average Bonchev–Trinajstić information content (AvgIpc) is 2.45. The molecule has 0 aliphatic carbocycles. The number of anilines is 1. The van der Waals surface area contributed by atoms with E-state index in [1.54, 1.807) is 6.07 Å². The van der Waals surface area contributed by atoms with Crippen molar-refractivity contribution in [2.24, 2.45) is 0 Å². The summed E-state index contributed by atoms with van der Waals surface area (Å²) in [6.07, 6.45) is 0.752. The first-order valence-electron chi connectivity index (χ1n) is 6.64. The van der Waals surface area contributed by atoms with Crippen molar-refractivity contribution in [2.45, 2.75) is 13.3 Å². The summed E-state index contributed by atoms with van der Waals surface area (Å²) in [6.45, 7) is 2.55. The second kappa shape index (κ2) is 6.99. The molecular weight excluding hydrogens is 288 g/mol. The zero-order chi connectivity index (χ0) is 15.2. The largest absolute Gasteiger partial charge is 0.506 e. The van der Waals surface area contributed by atoms with E-state index in [1.165, 1.54) is 23.3 Å². The fourth-order valence-electron chi connectivity index (χ4n) is 1.98. The van der Waals surface area contributed by atoms with Gasteiger partial charge in [-0.2, -0.15) is 0 Å². The number of rotatable bonds is 4. The van der Waals surface area contributed by atoms with Gasteiger partial charge < -0.3 is 15.7 Å². The molecule has 2 aromatic rings. The van der Waals surface area contributed by atoms with Crippen LogP contribution in [0.3, 0.4) is 0 Å². The molecule has 2 rings (SSSR count). The minimum Gasteiger partial charge on any atom is -0.506 e. The highest BCUT2D eigenvalue weighted by Gasteiger charge is 2.06. The van der Waals surface area contributed by atoms with Gasteiger partial charge in [0.25, 0.3) is 0 Å². The van der Waals surface area contributed by atoms with Gasteiger partial charge in [0.2, 0.25) is 0 Å². The van der Waals surface area contributed by atoms with Gasteiger partial charge in [0.15, 0.2) is 0 Å².